The van der Waals surface area contributed by atoms with Crippen molar-refractivity contribution in [3.05, 3.63) is 59.1 Å². The molecule has 0 radical (unpaired) electrons. The molecule has 19 heavy (non-hydrogen) atoms. The van der Waals surface area contributed by atoms with E-state index < -0.39 is 0 Å². The van der Waals surface area contributed by atoms with E-state index in [9.17, 15) is 0 Å². The Morgan fingerprint density at radius 2 is 1.79 bits per heavy atom. The van der Waals surface area contributed by atoms with Crippen LogP contribution in [0.25, 0.3) is 0 Å². The van der Waals surface area contributed by atoms with Gasteiger partial charge < -0.3 is 4.72 Å². The number of para-hydroxylation sites is 1. The van der Waals surface area contributed by atoms with Crippen molar-refractivity contribution in [2.45, 2.75) is 11.3 Å². The van der Waals surface area contributed by atoms with Gasteiger partial charge in [0, 0.05) is 15.7 Å². The van der Waals surface area contributed by atoms with E-state index in [1.54, 1.807) is 11.9 Å². The van der Waals surface area contributed by atoms with Crippen molar-refractivity contribution in [3.8, 4) is 0 Å². The van der Waals surface area contributed by atoms with Crippen LogP contribution in [0.1, 0.15) is 5.56 Å². The van der Waals surface area contributed by atoms with Crippen LogP contribution in [0.3, 0.4) is 0 Å². The summed E-state index contributed by atoms with van der Waals surface area (Å²) < 4.78 is 3.34. The molecule has 0 spiro atoms. The lowest BCUT2D eigenvalue weighted by Gasteiger charge is -2.09. The number of hydrogen-bond donors (Lipinski definition) is 2. The monoisotopic (exact) mass is 310 g/mol. The zero-order valence-corrected chi connectivity index (χ0v) is 12.7. The Labute approximate surface area is 127 Å². The van der Waals surface area contributed by atoms with Gasteiger partial charge in [0.1, 0.15) is 0 Å². The highest BCUT2D eigenvalue weighted by Gasteiger charge is 2.00. The molecule has 100 valence electrons. The lowest BCUT2D eigenvalue weighted by Crippen LogP contribution is -1.95. The standard InChI is InChI=1S/C14H15ClN2S2/c15-12-7-5-11(6-8-12)9-10-18-17-13-3-1-2-4-14(13)19-16/h1-8,17H,9-10,16H2. The molecule has 0 bridgehead atoms. The van der Waals surface area contributed by atoms with Crippen LogP contribution < -0.4 is 9.86 Å². The molecule has 2 aromatic rings. The molecule has 0 saturated carbocycles. The Balaban J connectivity index is 1.79. The van der Waals surface area contributed by atoms with E-state index in [1.165, 1.54) is 17.5 Å². The fraction of sp³-hybridized carbons (Fsp3) is 0.143. The molecule has 5 heteroatoms. The number of aryl methyl sites for hydroxylation is 1. The summed E-state index contributed by atoms with van der Waals surface area (Å²) in [5.41, 5.74) is 2.36. The van der Waals surface area contributed by atoms with E-state index in [1.807, 2.05) is 36.4 Å². The molecular formula is C14H15ClN2S2. The number of halogens is 1. The third-order valence-electron chi connectivity index (χ3n) is 2.60. The third-order valence-corrected chi connectivity index (χ3v) is 4.24. The second-order valence-electron chi connectivity index (χ2n) is 3.94. The van der Waals surface area contributed by atoms with Crippen LogP contribution in [0.2, 0.25) is 5.02 Å². The molecule has 0 unspecified atom stereocenters. The Kier molecular flexibility index (Phi) is 5.92. The van der Waals surface area contributed by atoms with Crippen molar-refractivity contribution < 1.29 is 0 Å². The first kappa shape index (κ1) is 14.6. The van der Waals surface area contributed by atoms with Crippen molar-refractivity contribution in [2.75, 3.05) is 10.5 Å². The molecule has 2 nitrogen and oxygen atoms in total. The highest BCUT2D eigenvalue weighted by Crippen LogP contribution is 2.25. The highest BCUT2D eigenvalue weighted by atomic mass is 35.5. The van der Waals surface area contributed by atoms with Crippen LogP contribution in [0.15, 0.2) is 53.4 Å². The smallest absolute Gasteiger partial charge is 0.0590 e. The number of nitrogens with two attached hydrogens (primary N) is 1. The summed E-state index contributed by atoms with van der Waals surface area (Å²) in [6.07, 6.45) is 1.01. The van der Waals surface area contributed by atoms with Crippen LogP contribution in [-0.2, 0) is 6.42 Å². The minimum Gasteiger partial charge on any atom is -0.329 e. The van der Waals surface area contributed by atoms with Crippen molar-refractivity contribution in [2.24, 2.45) is 5.14 Å². The van der Waals surface area contributed by atoms with Crippen LogP contribution >= 0.6 is 35.5 Å². The number of benzene rings is 2. The maximum absolute atomic E-state index is 5.85. The number of anilines is 1. The van der Waals surface area contributed by atoms with Crippen molar-refractivity contribution in [1.82, 2.24) is 0 Å². The van der Waals surface area contributed by atoms with Crippen LogP contribution in [0, 0.1) is 0 Å². The fourth-order valence-electron chi connectivity index (χ4n) is 1.60. The Hall–Kier alpha value is -0.810. The van der Waals surface area contributed by atoms with Gasteiger partial charge in [-0.15, -0.1) is 0 Å². The lowest BCUT2D eigenvalue weighted by atomic mass is 10.2. The van der Waals surface area contributed by atoms with Gasteiger partial charge in [0.25, 0.3) is 0 Å². The van der Waals surface area contributed by atoms with E-state index in [2.05, 4.69) is 16.9 Å². The van der Waals surface area contributed by atoms with Crippen molar-refractivity contribution in [1.29, 1.82) is 0 Å². The van der Waals surface area contributed by atoms with E-state index in [0.717, 1.165) is 27.8 Å². The van der Waals surface area contributed by atoms with Crippen LogP contribution in [0.4, 0.5) is 5.69 Å². The van der Waals surface area contributed by atoms with E-state index in [0.29, 0.717) is 0 Å². The van der Waals surface area contributed by atoms with Gasteiger partial charge in [-0.25, -0.2) is 0 Å². The summed E-state index contributed by atoms with van der Waals surface area (Å²) in [5, 5.41) is 6.40. The topological polar surface area (TPSA) is 38.0 Å². The van der Waals surface area contributed by atoms with Gasteiger partial charge in [0.05, 0.1) is 5.69 Å². The average Bonchev–Trinajstić information content (AvgIpc) is 2.46. The molecule has 0 atom stereocenters. The van der Waals surface area contributed by atoms with E-state index in [4.69, 9.17) is 16.7 Å². The molecule has 2 rings (SSSR count). The Morgan fingerprint density at radius 3 is 2.53 bits per heavy atom. The fourth-order valence-corrected chi connectivity index (χ4v) is 2.97. The third kappa shape index (κ3) is 4.66. The van der Waals surface area contributed by atoms with Gasteiger partial charge in [-0.2, -0.15) is 0 Å². The number of nitrogens with one attached hydrogen (secondary N) is 1. The first-order valence-electron chi connectivity index (χ1n) is 5.87. The van der Waals surface area contributed by atoms with Gasteiger partial charge in [-0.3, -0.25) is 5.14 Å². The summed E-state index contributed by atoms with van der Waals surface area (Å²) in [5.74, 6) is 0.991. The summed E-state index contributed by atoms with van der Waals surface area (Å²) in [4.78, 5) is 1.06. The van der Waals surface area contributed by atoms with Crippen LogP contribution in [-0.4, -0.2) is 5.75 Å². The molecule has 0 amide bonds. The number of hydrogen-bond acceptors (Lipinski definition) is 4. The summed E-state index contributed by atoms with van der Waals surface area (Å²) in [6, 6.07) is 16.0. The van der Waals surface area contributed by atoms with E-state index >= 15 is 0 Å². The van der Waals surface area contributed by atoms with Crippen LogP contribution in [0.5, 0.6) is 0 Å². The molecule has 2 aromatic carbocycles. The zero-order chi connectivity index (χ0) is 13.5. The van der Waals surface area contributed by atoms with Gasteiger partial charge >= 0.3 is 0 Å². The van der Waals surface area contributed by atoms with Gasteiger partial charge in [0.2, 0.25) is 0 Å². The molecule has 0 aliphatic heterocycles. The second kappa shape index (κ2) is 7.70. The second-order valence-corrected chi connectivity index (χ2v) is 5.95. The maximum atomic E-state index is 5.85. The quantitative estimate of drug-likeness (QED) is 0.603. The van der Waals surface area contributed by atoms with Crippen molar-refractivity contribution >= 4 is 41.2 Å². The summed E-state index contributed by atoms with van der Waals surface area (Å²) in [7, 11) is 0. The molecule has 0 aliphatic carbocycles. The number of rotatable bonds is 6. The highest BCUT2D eigenvalue weighted by molar-refractivity contribution is 8.00. The summed E-state index contributed by atoms with van der Waals surface area (Å²) >= 11 is 8.80. The van der Waals surface area contributed by atoms with Gasteiger partial charge in [-0.1, -0.05) is 47.8 Å². The molecule has 0 aliphatic rings. The normalized spacial score (nSPS) is 10.4. The first-order valence-corrected chi connectivity index (χ1v) is 8.12. The Morgan fingerprint density at radius 1 is 1.05 bits per heavy atom. The lowest BCUT2D eigenvalue weighted by molar-refractivity contribution is 1.16. The minimum atomic E-state index is 0.781. The predicted octanol–water partition coefficient (Wildman–Crippen LogP) is 4.61. The molecule has 0 aromatic heterocycles. The average molecular weight is 311 g/mol. The summed E-state index contributed by atoms with van der Waals surface area (Å²) in [6.45, 7) is 0. The van der Waals surface area contributed by atoms with Gasteiger partial charge in [0.15, 0.2) is 0 Å². The Bertz CT molecular complexity index is 517. The SMILES string of the molecule is NSc1ccccc1NSCCc1ccc(Cl)cc1. The molecule has 3 N–H and O–H groups in total. The van der Waals surface area contributed by atoms with Crippen molar-refractivity contribution in [3.63, 3.8) is 0 Å². The van der Waals surface area contributed by atoms with Gasteiger partial charge in [-0.05, 0) is 48.2 Å². The molecule has 0 fully saturated rings. The largest absolute Gasteiger partial charge is 0.329 e. The molecular weight excluding hydrogens is 296 g/mol. The maximum Gasteiger partial charge on any atom is 0.0590 e. The first-order chi connectivity index (χ1) is 9.29. The predicted molar refractivity (Wildman–Crippen MR) is 87.7 cm³/mol. The minimum absolute atomic E-state index is 0.781. The zero-order valence-electron chi connectivity index (χ0n) is 10.3. The molecule has 0 heterocycles. The van der Waals surface area contributed by atoms with E-state index in [-0.39, 0.29) is 0 Å². The molecule has 0 saturated heterocycles.